The maximum Gasteiger partial charge on any atom is 2.00 e. The van der Waals surface area contributed by atoms with Crippen LogP contribution in [0.15, 0.2) is 292 Å². The zero-order chi connectivity index (χ0) is 56.5. The Labute approximate surface area is 496 Å². The third-order valence-corrected chi connectivity index (χ3v) is 14.4. The van der Waals surface area contributed by atoms with E-state index in [9.17, 15) is 0 Å². The number of benzene rings is 9. The normalized spacial score (nSPS) is 11.0. The molecule has 0 aliphatic heterocycles. The molecule has 404 valence electrons. The minimum absolute atomic E-state index is 0. The molecule has 0 spiro atoms. The first-order chi connectivity index (χ1) is 40.7. The first-order valence-electron chi connectivity index (χ1n) is 26.7. The monoisotopic (exact) mass is 1150 g/mol. The van der Waals surface area contributed by atoms with Gasteiger partial charge in [-0.2, -0.15) is 0 Å². The summed E-state index contributed by atoms with van der Waals surface area (Å²) in [4.78, 5) is 28.0. The summed E-state index contributed by atoms with van der Waals surface area (Å²) in [6.07, 6.45) is 11.3. The van der Waals surface area contributed by atoms with Crippen molar-refractivity contribution in [3.8, 4) is 66.8 Å². The number of rotatable bonds is 6. The summed E-state index contributed by atoms with van der Waals surface area (Å²) in [6, 6.07) is 88.0. The SMILES string of the molecule is O=S(=O)([O-])[O-].[Fe+2].c1ccc(-c2ccnc3c2ccc2c(-c4ccccc4)ccnc23)cc1.c1ccc(-c2ccnc3c2ccc2c(-c4ccccc4)ccnc23)cc1.c1ccc(-c2ccnc3c2ccc2c(-c4ccccc4)ccnc23)cc1. The molecular weight excluding hydrogens is 1100 g/mol. The van der Waals surface area contributed by atoms with Crippen LogP contribution in [0, 0.1) is 0 Å². The Morgan fingerprint density at radius 3 is 0.476 bits per heavy atom. The Hall–Kier alpha value is -10.2. The van der Waals surface area contributed by atoms with E-state index < -0.39 is 10.4 Å². The van der Waals surface area contributed by atoms with Crippen molar-refractivity contribution in [2.75, 3.05) is 0 Å². The van der Waals surface area contributed by atoms with E-state index in [1.807, 2.05) is 73.6 Å². The topological polar surface area (TPSA) is 158 Å². The molecule has 84 heavy (non-hydrogen) atoms. The quantitative estimate of drug-likeness (QED) is 0.0679. The van der Waals surface area contributed by atoms with Crippen LogP contribution in [0.5, 0.6) is 0 Å². The maximum absolute atomic E-state index is 8.52. The molecule has 10 nitrogen and oxygen atoms in total. The van der Waals surface area contributed by atoms with E-state index in [4.69, 9.17) is 17.5 Å². The molecule has 0 radical (unpaired) electrons. The fraction of sp³-hybridized carbons (Fsp3) is 0. The Morgan fingerprint density at radius 1 is 0.214 bits per heavy atom. The molecule has 0 fully saturated rings. The van der Waals surface area contributed by atoms with Crippen LogP contribution in [-0.2, 0) is 27.5 Å². The van der Waals surface area contributed by atoms with E-state index in [0.29, 0.717) is 0 Å². The standard InChI is InChI=1S/3C24H16N2.Fe.H2O4S/c3*1-3-7-17(8-4-1)19-13-15-25-23-21(19)11-12-22-20(14-16-26-24(22)23)18-9-5-2-6-10-18;;1-5(2,3)4/h3*1-16H;;(H2,1,2,3,4)/q;;;+2;/p-2. The molecule has 0 amide bonds. The zero-order valence-electron chi connectivity index (χ0n) is 44.8. The second-order valence-corrected chi connectivity index (χ2v) is 20.1. The maximum atomic E-state index is 8.52. The van der Waals surface area contributed by atoms with Gasteiger partial charge in [-0.3, -0.25) is 38.3 Å². The van der Waals surface area contributed by atoms with Crippen molar-refractivity contribution in [3.63, 3.8) is 0 Å². The van der Waals surface area contributed by atoms with Crippen LogP contribution >= 0.6 is 0 Å². The van der Waals surface area contributed by atoms with Gasteiger partial charge in [0.1, 0.15) is 0 Å². The average Bonchev–Trinajstić information content (AvgIpc) is 2.32. The van der Waals surface area contributed by atoms with Crippen molar-refractivity contribution < 1.29 is 34.6 Å². The summed E-state index contributed by atoms with van der Waals surface area (Å²) in [7, 11) is -5.17. The summed E-state index contributed by atoms with van der Waals surface area (Å²) in [5.74, 6) is 0. The van der Waals surface area contributed by atoms with Crippen molar-refractivity contribution >= 4 is 75.8 Å². The number of nitrogens with zero attached hydrogens (tertiary/aromatic N) is 6. The third-order valence-electron chi connectivity index (χ3n) is 14.4. The number of aromatic nitrogens is 6. The van der Waals surface area contributed by atoms with Crippen LogP contribution in [0.1, 0.15) is 0 Å². The average molecular weight is 1150 g/mol. The Bertz CT molecular complexity index is 4110. The van der Waals surface area contributed by atoms with Crippen molar-refractivity contribution in [1.82, 2.24) is 29.9 Å². The fourth-order valence-corrected chi connectivity index (χ4v) is 10.7. The van der Waals surface area contributed by atoms with Gasteiger partial charge >= 0.3 is 17.1 Å². The molecule has 0 bridgehead atoms. The second kappa shape index (κ2) is 25.3. The second-order valence-electron chi connectivity index (χ2n) is 19.3. The first-order valence-corrected chi connectivity index (χ1v) is 28.1. The minimum atomic E-state index is -5.17. The molecule has 12 heteroatoms. The number of hydrogen-bond donors (Lipinski definition) is 0. The van der Waals surface area contributed by atoms with E-state index in [2.05, 4.69) is 248 Å². The van der Waals surface area contributed by atoms with Crippen molar-refractivity contribution in [2.45, 2.75) is 0 Å². The molecule has 6 aromatic heterocycles. The first kappa shape index (κ1) is 55.7. The van der Waals surface area contributed by atoms with Crippen molar-refractivity contribution in [1.29, 1.82) is 0 Å². The molecule has 6 heterocycles. The smallest absolute Gasteiger partial charge is 0.759 e. The van der Waals surface area contributed by atoms with Gasteiger partial charge in [0, 0.05) is 79.9 Å². The van der Waals surface area contributed by atoms with Gasteiger partial charge in [-0.15, -0.1) is 0 Å². The van der Waals surface area contributed by atoms with Crippen molar-refractivity contribution in [2.24, 2.45) is 0 Å². The van der Waals surface area contributed by atoms with E-state index >= 15 is 0 Å². The molecule has 0 saturated heterocycles. The molecule has 0 saturated carbocycles. The van der Waals surface area contributed by atoms with Crippen LogP contribution in [-0.4, -0.2) is 47.4 Å². The van der Waals surface area contributed by atoms with Crippen LogP contribution in [0.3, 0.4) is 0 Å². The number of fused-ring (bicyclic) bond motifs is 9. The number of pyridine rings is 6. The van der Waals surface area contributed by atoms with Gasteiger partial charge in [-0.05, 0) is 103 Å². The zero-order valence-corrected chi connectivity index (χ0v) is 46.7. The Balaban J connectivity index is 0.000000126. The third kappa shape index (κ3) is 12.1. The fourth-order valence-electron chi connectivity index (χ4n) is 10.7. The van der Waals surface area contributed by atoms with Crippen LogP contribution in [0.25, 0.3) is 132 Å². The molecular formula is C72H48FeN6O4S. The molecule has 0 aliphatic rings. The summed E-state index contributed by atoms with van der Waals surface area (Å²) >= 11 is 0. The van der Waals surface area contributed by atoms with E-state index in [1.165, 1.54) is 66.8 Å². The van der Waals surface area contributed by atoms with Gasteiger partial charge in [0.2, 0.25) is 0 Å². The van der Waals surface area contributed by atoms with E-state index in [0.717, 1.165) is 65.4 Å². The molecule has 0 atom stereocenters. The van der Waals surface area contributed by atoms with Gasteiger partial charge < -0.3 is 9.11 Å². The summed E-state index contributed by atoms with van der Waals surface area (Å²) in [6.45, 7) is 0. The molecule has 0 aliphatic carbocycles. The molecule has 15 aromatic rings. The number of hydrogen-bond acceptors (Lipinski definition) is 10. The van der Waals surface area contributed by atoms with Gasteiger partial charge in [-0.1, -0.05) is 218 Å². The van der Waals surface area contributed by atoms with E-state index in [1.54, 1.807) is 0 Å². The largest absolute Gasteiger partial charge is 2.00 e. The van der Waals surface area contributed by atoms with Gasteiger partial charge in [-0.25, -0.2) is 0 Å². The molecule has 0 unspecified atom stereocenters. The van der Waals surface area contributed by atoms with E-state index in [-0.39, 0.29) is 17.1 Å². The van der Waals surface area contributed by atoms with Gasteiger partial charge in [0.25, 0.3) is 0 Å². The van der Waals surface area contributed by atoms with Crippen molar-refractivity contribution in [3.05, 3.63) is 292 Å². The molecule has 9 aromatic carbocycles. The predicted molar refractivity (Wildman–Crippen MR) is 334 cm³/mol. The minimum Gasteiger partial charge on any atom is -0.759 e. The van der Waals surface area contributed by atoms with Crippen LogP contribution in [0.4, 0.5) is 0 Å². The Morgan fingerprint density at radius 2 is 0.345 bits per heavy atom. The molecule has 0 N–H and O–H groups in total. The molecule has 15 rings (SSSR count). The summed E-state index contributed by atoms with van der Waals surface area (Å²) < 4.78 is 34.1. The Kier molecular flexibility index (Phi) is 16.8. The van der Waals surface area contributed by atoms with Crippen LogP contribution in [0.2, 0.25) is 0 Å². The van der Waals surface area contributed by atoms with Crippen LogP contribution < -0.4 is 0 Å². The predicted octanol–water partition coefficient (Wildman–Crippen LogP) is 17.0. The van der Waals surface area contributed by atoms with Gasteiger partial charge in [0.05, 0.1) is 33.1 Å². The summed E-state index contributed by atoms with van der Waals surface area (Å²) in [5.41, 5.74) is 19.9. The summed E-state index contributed by atoms with van der Waals surface area (Å²) in [5, 5.41) is 6.77. The van der Waals surface area contributed by atoms with Gasteiger partial charge in [0.15, 0.2) is 0 Å².